The topological polar surface area (TPSA) is 98.7 Å². The molecule has 170 valence electrons. The van der Waals surface area contributed by atoms with E-state index in [4.69, 9.17) is 0 Å². The van der Waals surface area contributed by atoms with Crippen LogP contribution in [0, 0.1) is 16.2 Å². The highest BCUT2D eigenvalue weighted by atomic mass is 16.3. The quantitative estimate of drug-likeness (QED) is 0.504. The van der Waals surface area contributed by atoms with Gasteiger partial charge in [0.05, 0.1) is 23.3 Å². The zero-order valence-corrected chi connectivity index (χ0v) is 20.2. The first-order chi connectivity index (χ1) is 12.7. The maximum Gasteiger partial charge on any atom is 0.236 e. The molecule has 6 heteroatoms. The van der Waals surface area contributed by atoms with Crippen molar-refractivity contribution in [2.75, 3.05) is 0 Å². The zero-order valence-electron chi connectivity index (χ0n) is 20.2. The van der Waals surface area contributed by atoms with Crippen LogP contribution in [0.3, 0.4) is 0 Å². The molecule has 0 spiro atoms. The number of rotatable bonds is 6. The number of hydrogen-bond donors (Lipinski definition) is 4. The van der Waals surface area contributed by atoms with Crippen molar-refractivity contribution in [2.24, 2.45) is 16.2 Å². The molecule has 0 radical (unpaired) electrons. The Hall–Kier alpha value is -1.14. The van der Waals surface area contributed by atoms with E-state index in [2.05, 4.69) is 10.6 Å². The third-order valence-corrected chi connectivity index (χ3v) is 6.02. The maximum atomic E-state index is 13.4. The van der Waals surface area contributed by atoms with E-state index in [1.165, 1.54) is 0 Å². The van der Waals surface area contributed by atoms with Gasteiger partial charge < -0.3 is 20.8 Å². The van der Waals surface area contributed by atoms with Gasteiger partial charge in [-0.15, -0.1) is 0 Å². The first-order valence-corrected chi connectivity index (χ1v) is 10.8. The van der Waals surface area contributed by atoms with E-state index in [1.54, 1.807) is 27.7 Å². The fourth-order valence-corrected chi connectivity index (χ4v) is 4.98. The Morgan fingerprint density at radius 3 is 1.17 bits per heavy atom. The second-order valence-electron chi connectivity index (χ2n) is 12.1. The van der Waals surface area contributed by atoms with Crippen LogP contribution in [0.25, 0.3) is 0 Å². The van der Waals surface area contributed by atoms with Crippen LogP contribution in [0.15, 0.2) is 0 Å². The van der Waals surface area contributed by atoms with E-state index < -0.39 is 28.7 Å². The lowest BCUT2D eigenvalue weighted by Gasteiger charge is -2.43. The molecular formula is C23H44N2O4. The number of hydrogen-bond acceptors (Lipinski definition) is 4. The van der Waals surface area contributed by atoms with Crippen molar-refractivity contribution < 1.29 is 19.8 Å². The van der Waals surface area contributed by atoms with E-state index in [9.17, 15) is 19.8 Å². The van der Waals surface area contributed by atoms with Crippen molar-refractivity contribution in [2.45, 2.75) is 118 Å². The van der Waals surface area contributed by atoms with E-state index in [-0.39, 0.29) is 22.6 Å². The molecule has 0 unspecified atom stereocenters. The van der Waals surface area contributed by atoms with Gasteiger partial charge in [0, 0.05) is 0 Å². The molecule has 29 heavy (non-hydrogen) atoms. The molecule has 2 amide bonds. The van der Waals surface area contributed by atoms with Gasteiger partial charge in [-0.2, -0.15) is 0 Å². The summed E-state index contributed by atoms with van der Waals surface area (Å²) in [4.78, 5) is 26.9. The molecular weight excluding hydrogens is 368 g/mol. The minimum Gasteiger partial charge on any atom is -0.388 e. The summed E-state index contributed by atoms with van der Waals surface area (Å²) in [7, 11) is 0. The molecule has 0 aromatic carbocycles. The third kappa shape index (κ3) is 6.17. The lowest BCUT2D eigenvalue weighted by molar-refractivity contribution is -0.148. The predicted octanol–water partition coefficient (Wildman–Crippen LogP) is 3.15. The Labute approximate surface area is 177 Å². The van der Waals surface area contributed by atoms with Crippen molar-refractivity contribution in [1.29, 1.82) is 0 Å². The van der Waals surface area contributed by atoms with Crippen molar-refractivity contribution in [1.82, 2.24) is 10.6 Å². The summed E-state index contributed by atoms with van der Waals surface area (Å²) < 4.78 is 0. The Morgan fingerprint density at radius 2 is 0.966 bits per heavy atom. The molecule has 1 aliphatic rings. The van der Waals surface area contributed by atoms with Gasteiger partial charge in [-0.25, -0.2) is 0 Å². The molecule has 4 N–H and O–H groups in total. The molecule has 1 aliphatic carbocycles. The van der Waals surface area contributed by atoms with Gasteiger partial charge in [-0.1, -0.05) is 54.4 Å². The molecule has 0 bridgehead atoms. The molecule has 1 saturated carbocycles. The molecule has 0 aliphatic heterocycles. The van der Waals surface area contributed by atoms with Gasteiger partial charge in [-0.05, 0) is 51.4 Å². The minimum atomic E-state index is -1.18. The van der Waals surface area contributed by atoms with Crippen molar-refractivity contribution in [3.8, 4) is 0 Å². The van der Waals surface area contributed by atoms with E-state index in [1.807, 2.05) is 41.5 Å². The molecule has 0 heterocycles. The summed E-state index contributed by atoms with van der Waals surface area (Å²) >= 11 is 0. The van der Waals surface area contributed by atoms with E-state index in [0.717, 1.165) is 12.8 Å². The average Bonchev–Trinajstić information content (AvgIpc) is 2.95. The van der Waals surface area contributed by atoms with Crippen LogP contribution in [0.4, 0.5) is 0 Å². The molecule has 1 fully saturated rings. The fourth-order valence-electron chi connectivity index (χ4n) is 4.98. The smallest absolute Gasteiger partial charge is 0.236 e. The van der Waals surface area contributed by atoms with Crippen LogP contribution in [0.2, 0.25) is 0 Å². The minimum absolute atomic E-state index is 0.335. The highest BCUT2D eigenvalue weighted by Gasteiger charge is 2.52. The Balaban J connectivity index is 3.22. The summed E-state index contributed by atoms with van der Waals surface area (Å²) in [6.45, 7) is 18.5. The Bertz CT molecular complexity index is 518. The second-order valence-corrected chi connectivity index (χ2v) is 12.1. The monoisotopic (exact) mass is 412 g/mol. The highest BCUT2D eigenvalue weighted by molar-refractivity contribution is 6.05. The summed E-state index contributed by atoms with van der Waals surface area (Å²) in [5, 5.41) is 27.3. The predicted molar refractivity (Wildman–Crippen MR) is 116 cm³/mol. The number of carbonyl (C=O) groups excluding carboxylic acids is 2. The molecule has 0 aromatic rings. The van der Waals surface area contributed by atoms with Crippen molar-refractivity contribution >= 4 is 11.8 Å². The summed E-state index contributed by atoms with van der Waals surface area (Å²) in [6, 6.07) is -1.03. The third-order valence-electron chi connectivity index (χ3n) is 6.02. The van der Waals surface area contributed by atoms with Crippen molar-refractivity contribution in [3.63, 3.8) is 0 Å². The lowest BCUT2D eigenvalue weighted by Crippen LogP contribution is -2.63. The molecule has 0 aromatic heterocycles. The molecule has 6 nitrogen and oxygen atoms in total. The Morgan fingerprint density at radius 1 is 0.690 bits per heavy atom. The summed E-state index contributed by atoms with van der Waals surface area (Å²) in [5.41, 5.74) is -4.21. The van der Waals surface area contributed by atoms with Crippen LogP contribution in [0.1, 0.15) is 94.9 Å². The number of nitrogens with one attached hydrogen (secondary N) is 2. The van der Waals surface area contributed by atoms with Crippen LogP contribution >= 0.6 is 0 Å². The van der Waals surface area contributed by atoms with Crippen LogP contribution < -0.4 is 10.6 Å². The first-order valence-electron chi connectivity index (χ1n) is 10.8. The van der Waals surface area contributed by atoms with Gasteiger partial charge >= 0.3 is 0 Å². The Kier molecular flexibility index (Phi) is 7.30. The number of carbonyl (C=O) groups is 2. The molecule has 1 rings (SSSR count). The number of aliphatic hydroxyl groups is 2. The first kappa shape index (κ1) is 25.9. The van der Waals surface area contributed by atoms with Crippen LogP contribution in [-0.4, -0.2) is 45.3 Å². The van der Waals surface area contributed by atoms with Gasteiger partial charge in [0.15, 0.2) is 0 Å². The summed E-state index contributed by atoms with van der Waals surface area (Å²) in [6.07, 6.45) is 2.53. The van der Waals surface area contributed by atoms with Gasteiger partial charge in [-0.3, -0.25) is 9.59 Å². The van der Waals surface area contributed by atoms with E-state index in [0.29, 0.717) is 12.8 Å². The normalized spacial score (nSPS) is 20.1. The average molecular weight is 413 g/mol. The summed E-state index contributed by atoms with van der Waals surface area (Å²) in [5.74, 6) is -0.670. The fraction of sp³-hybridized carbons (Fsp3) is 0.913. The van der Waals surface area contributed by atoms with Gasteiger partial charge in [0.25, 0.3) is 0 Å². The lowest BCUT2D eigenvalue weighted by atomic mass is 9.75. The number of amides is 2. The standard InChI is InChI=1S/C23H44N2O4/c1-19(2,3)15(21(7,8)28)24-17(26)23(13-11-12-14-23)18(27)25-16(20(4,5)6)22(9,10)29/h15-16,28-29H,11-14H2,1-10H3,(H,24,26)(H,25,27)/t15-,16-/m1/s1. The van der Waals surface area contributed by atoms with Crippen molar-refractivity contribution in [3.05, 3.63) is 0 Å². The van der Waals surface area contributed by atoms with Gasteiger partial charge in [0.1, 0.15) is 5.41 Å². The largest absolute Gasteiger partial charge is 0.388 e. The zero-order chi connectivity index (χ0) is 23.1. The van der Waals surface area contributed by atoms with Crippen LogP contribution in [-0.2, 0) is 9.59 Å². The molecule has 0 saturated heterocycles. The second kappa shape index (κ2) is 8.18. The highest BCUT2D eigenvalue weighted by Crippen LogP contribution is 2.41. The molecule has 2 atom stereocenters. The van der Waals surface area contributed by atoms with E-state index >= 15 is 0 Å². The maximum absolute atomic E-state index is 13.4. The SMILES string of the molecule is CC(C)(C)[C@@H](NC(=O)C1(C(=O)N[C@H](C(C)(C)C)C(C)(C)O)CCCC1)C(C)(C)O. The van der Waals surface area contributed by atoms with Gasteiger partial charge in [0.2, 0.25) is 11.8 Å². The van der Waals surface area contributed by atoms with Crippen LogP contribution in [0.5, 0.6) is 0 Å².